The second kappa shape index (κ2) is 5.23. The number of thiophene rings is 1. The summed E-state index contributed by atoms with van der Waals surface area (Å²) in [5.41, 5.74) is 10.4. The average molecular weight is 260 g/mol. The van der Waals surface area contributed by atoms with Gasteiger partial charge in [-0.25, -0.2) is 0 Å². The lowest BCUT2D eigenvalue weighted by atomic mass is 10.1. The second-order valence-corrected chi connectivity index (χ2v) is 5.11. The van der Waals surface area contributed by atoms with Gasteiger partial charge in [0, 0.05) is 11.4 Å². The zero-order valence-corrected chi connectivity index (χ0v) is 11.3. The Kier molecular flexibility index (Phi) is 3.67. The maximum atomic E-state index is 11.9. The first-order valence-electron chi connectivity index (χ1n) is 5.74. The number of hydrogen-bond acceptors (Lipinski definition) is 3. The van der Waals surface area contributed by atoms with Crippen molar-refractivity contribution in [3.63, 3.8) is 0 Å². The molecule has 1 aromatic carbocycles. The molecule has 3 nitrogen and oxygen atoms in total. The minimum atomic E-state index is -0.00907. The fraction of sp³-hybridized carbons (Fsp3) is 0.214. The summed E-state index contributed by atoms with van der Waals surface area (Å²) >= 11 is 1.60. The van der Waals surface area contributed by atoms with Gasteiger partial charge in [0.1, 0.15) is 0 Å². The molecule has 0 fully saturated rings. The molecule has 0 aliphatic rings. The number of amides is 1. The molecule has 0 aliphatic heterocycles. The highest BCUT2D eigenvalue weighted by atomic mass is 32.1. The van der Waals surface area contributed by atoms with Crippen molar-refractivity contribution in [2.45, 2.75) is 20.3 Å². The van der Waals surface area contributed by atoms with Gasteiger partial charge in [-0.2, -0.15) is 11.3 Å². The molecule has 0 aliphatic carbocycles. The molecule has 0 unspecified atom stereocenters. The van der Waals surface area contributed by atoms with Crippen LogP contribution >= 0.6 is 11.3 Å². The molecule has 1 heterocycles. The number of benzene rings is 1. The number of carbonyl (C=O) groups excluding carboxylic acids is 1. The Morgan fingerprint density at radius 1 is 1.33 bits per heavy atom. The lowest BCUT2D eigenvalue weighted by molar-refractivity contribution is -0.115. The van der Waals surface area contributed by atoms with Crippen LogP contribution in [0.1, 0.15) is 16.7 Å². The van der Waals surface area contributed by atoms with Crippen LogP contribution in [0.25, 0.3) is 0 Å². The Hall–Kier alpha value is -1.81. The van der Waals surface area contributed by atoms with Gasteiger partial charge in [0.15, 0.2) is 0 Å². The molecule has 0 saturated heterocycles. The first kappa shape index (κ1) is 12.6. The third-order valence-electron chi connectivity index (χ3n) is 2.92. The van der Waals surface area contributed by atoms with Gasteiger partial charge in [-0.3, -0.25) is 4.79 Å². The summed E-state index contributed by atoms with van der Waals surface area (Å²) < 4.78 is 0. The van der Waals surface area contributed by atoms with E-state index < -0.39 is 0 Å². The summed E-state index contributed by atoms with van der Waals surface area (Å²) in [7, 11) is 0. The van der Waals surface area contributed by atoms with Gasteiger partial charge in [0.2, 0.25) is 5.91 Å². The summed E-state index contributed by atoms with van der Waals surface area (Å²) in [5, 5.41) is 6.90. The Bertz CT molecular complexity index is 561. The van der Waals surface area contributed by atoms with Crippen molar-refractivity contribution in [2.24, 2.45) is 0 Å². The number of aryl methyl sites for hydroxylation is 1. The largest absolute Gasteiger partial charge is 0.398 e. The highest BCUT2D eigenvalue weighted by molar-refractivity contribution is 7.08. The molecule has 0 saturated carbocycles. The molecule has 0 radical (unpaired) electrons. The Labute approximate surface area is 111 Å². The molecule has 18 heavy (non-hydrogen) atoms. The van der Waals surface area contributed by atoms with Crippen LogP contribution < -0.4 is 11.1 Å². The quantitative estimate of drug-likeness (QED) is 0.833. The molecule has 2 aromatic rings. The Balaban J connectivity index is 2.14. The van der Waals surface area contributed by atoms with E-state index in [0.29, 0.717) is 12.1 Å². The van der Waals surface area contributed by atoms with Crippen LogP contribution in [0.5, 0.6) is 0 Å². The van der Waals surface area contributed by atoms with Gasteiger partial charge in [-0.1, -0.05) is 6.07 Å². The van der Waals surface area contributed by atoms with Crippen LogP contribution in [0, 0.1) is 13.8 Å². The first-order chi connectivity index (χ1) is 8.58. The van der Waals surface area contributed by atoms with Crippen LogP contribution in [-0.2, 0) is 11.2 Å². The summed E-state index contributed by atoms with van der Waals surface area (Å²) in [6.07, 6.45) is 0.400. The van der Waals surface area contributed by atoms with Crippen molar-refractivity contribution in [3.8, 4) is 0 Å². The molecule has 4 heteroatoms. The summed E-state index contributed by atoms with van der Waals surface area (Å²) in [6.45, 7) is 3.88. The van der Waals surface area contributed by atoms with Gasteiger partial charge in [-0.05, 0) is 53.4 Å². The van der Waals surface area contributed by atoms with Crippen molar-refractivity contribution >= 4 is 28.6 Å². The number of nitrogens with one attached hydrogen (secondary N) is 1. The molecular formula is C14H16N2OS. The van der Waals surface area contributed by atoms with E-state index in [9.17, 15) is 4.79 Å². The fourth-order valence-corrected chi connectivity index (χ4v) is 2.49. The molecule has 3 N–H and O–H groups in total. The van der Waals surface area contributed by atoms with Crippen LogP contribution in [0.15, 0.2) is 29.0 Å². The third-order valence-corrected chi connectivity index (χ3v) is 3.66. The van der Waals surface area contributed by atoms with Crippen LogP contribution in [0.2, 0.25) is 0 Å². The summed E-state index contributed by atoms with van der Waals surface area (Å²) in [4.78, 5) is 11.9. The zero-order chi connectivity index (χ0) is 13.1. The average Bonchev–Trinajstić information content (AvgIpc) is 2.82. The minimum Gasteiger partial charge on any atom is -0.398 e. The van der Waals surface area contributed by atoms with Crippen LogP contribution in [0.4, 0.5) is 11.4 Å². The SMILES string of the molecule is Cc1ccc(N)c(C)c1NC(=O)Cc1ccsc1. The van der Waals surface area contributed by atoms with Gasteiger partial charge in [-0.15, -0.1) is 0 Å². The molecule has 0 atom stereocenters. The molecule has 0 bridgehead atoms. The highest BCUT2D eigenvalue weighted by Gasteiger charge is 2.10. The molecule has 0 spiro atoms. The van der Waals surface area contributed by atoms with E-state index in [1.54, 1.807) is 11.3 Å². The monoisotopic (exact) mass is 260 g/mol. The van der Waals surface area contributed by atoms with E-state index in [-0.39, 0.29) is 5.91 Å². The van der Waals surface area contributed by atoms with E-state index in [1.807, 2.05) is 42.8 Å². The molecule has 94 valence electrons. The first-order valence-corrected chi connectivity index (χ1v) is 6.69. The minimum absolute atomic E-state index is 0.00907. The van der Waals surface area contributed by atoms with Crippen molar-refractivity contribution in [1.29, 1.82) is 0 Å². The molecule has 2 rings (SSSR count). The van der Waals surface area contributed by atoms with Crippen molar-refractivity contribution in [1.82, 2.24) is 0 Å². The lowest BCUT2D eigenvalue weighted by Crippen LogP contribution is -2.16. The number of hydrogen-bond donors (Lipinski definition) is 2. The number of rotatable bonds is 3. The highest BCUT2D eigenvalue weighted by Crippen LogP contribution is 2.25. The van der Waals surface area contributed by atoms with Gasteiger partial charge in [0.25, 0.3) is 0 Å². The fourth-order valence-electron chi connectivity index (χ4n) is 1.82. The van der Waals surface area contributed by atoms with Gasteiger partial charge >= 0.3 is 0 Å². The predicted octanol–water partition coefficient (Wildman–Crippen LogP) is 3.13. The van der Waals surface area contributed by atoms with E-state index >= 15 is 0 Å². The molecule has 1 aromatic heterocycles. The molecular weight excluding hydrogens is 244 g/mol. The summed E-state index contributed by atoms with van der Waals surface area (Å²) in [5.74, 6) is -0.00907. The van der Waals surface area contributed by atoms with E-state index in [2.05, 4.69) is 5.32 Å². The van der Waals surface area contributed by atoms with Crippen molar-refractivity contribution in [3.05, 3.63) is 45.6 Å². The van der Waals surface area contributed by atoms with Gasteiger partial charge in [0.05, 0.1) is 6.42 Å². The topological polar surface area (TPSA) is 55.1 Å². The van der Waals surface area contributed by atoms with Gasteiger partial charge < -0.3 is 11.1 Å². The Morgan fingerprint density at radius 2 is 2.11 bits per heavy atom. The number of nitrogens with two attached hydrogens (primary N) is 1. The van der Waals surface area contributed by atoms with E-state index in [4.69, 9.17) is 5.73 Å². The van der Waals surface area contributed by atoms with Crippen LogP contribution in [-0.4, -0.2) is 5.91 Å². The molecule has 1 amide bonds. The maximum absolute atomic E-state index is 11.9. The third kappa shape index (κ3) is 2.71. The zero-order valence-electron chi connectivity index (χ0n) is 10.5. The lowest BCUT2D eigenvalue weighted by Gasteiger charge is -2.13. The second-order valence-electron chi connectivity index (χ2n) is 4.33. The van der Waals surface area contributed by atoms with E-state index in [1.165, 1.54) is 0 Å². The van der Waals surface area contributed by atoms with Crippen molar-refractivity contribution < 1.29 is 4.79 Å². The normalized spacial score (nSPS) is 10.3. The predicted molar refractivity (Wildman–Crippen MR) is 77.0 cm³/mol. The maximum Gasteiger partial charge on any atom is 0.228 e. The standard InChI is InChI=1S/C14H16N2OS/c1-9-3-4-12(15)10(2)14(9)16-13(17)7-11-5-6-18-8-11/h3-6,8H,7,15H2,1-2H3,(H,16,17). The summed E-state index contributed by atoms with van der Waals surface area (Å²) in [6, 6.07) is 5.74. The van der Waals surface area contributed by atoms with E-state index in [0.717, 1.165) is 22.4 Å². The number of carbonyl (C=O) groups is 1. The number of nitrogen functional groups attached to an aromatic ring is 1. The van der Waals surface area contributed by atoms with Crippen molar-refractivity contribution in [2.75, 3.05) is 11.1 Å². The number of anilines is 2. The van der Waals surface area contributed by atoms with Crippen LogP contribution in [0.3, 0.4) is 0 Å². The smallest absolute Gasteiger partial charge is 0.228 e. The Morgan fingerprint density at radius 3 is 2.78 bits per heavy atom.